The largest absolute Gasteiger partial charge is 0.297 e. The van der Waals surface area contributed by atoms with Gasteiger partial charge in [0.05, 0.1) is 10.1 Å². The summed E-state index contributed by atoms with van der Waals surface area (Å²) < 4.78 is 39.6. The van der Waals surface area contributed by atoms with Crippen LogP contribution in [0.25, 0.3) is 11.1 Å². The SMILES string of the molecule is O=S1(=O)c2ccc(-c3cccnc3)cc2C2CN(Cc3cccc(F)c3)CC21. The van der Waals surface area contributed by atoms with Gasteiger partial charge in [0.25, 0.3) is 0 Å². The first-order valence-corrected chi connectivity index (χ1v) is 10.8. The van der Waals surface area contributed by atoms with Crippen LogP contribution in [0.15, 0.2) is 71.9 Å². The molecule has 1 aromatic heterocycles. The summed E-state index contributed by atoms with van der Waals surface area (Å²) >= 11 is 0. The summed E-state index contributed by atoms with van der Waals surface area (Å²) in [5.74, 6) is -0.318. The predicted octanol–water partition coefficient (Wildman–Crippen LogP) is 3.64. The molecule has 28 heavy (non-hydrogen) atoms. The Hall–Kier alpha value is -2.57. The average Bonchev–Trinajstić information content (AvgIpc) is 3.20. The number of sulfone groups is 1. The molecular formula is C22H19FN2O2S. The van der Waals surface area contributed by atoms with Gasteiger partial charge < -0.3 is 0 Å². The number of pyridine rings is 1. The molecule has 1 saturated heterocycles. The van der Waals surface area contributed by atoms with Gasteiger partial charge in [0.15, 0.2) is 9.84 Å². The van der Waals surface area contributed by atoms with E-state index in [0.29, 0.717) is 24.5 Å². The quantitative estimate of drug-likeness (QED) is 0.681. The van der Waals surface area contributed by atoms with Crippen molar-refractivity contribution in [2.45, 2.75) is 22.6 Å². The molecule has 3 aromatic rings. The Morgan fingerprint density at radius 1 is 1.04 bits per heavy atom. The average molecular weight is 394 g/mol. The minimum atomic E-state index is -3.35. The van der Waals surface area contributed by atoms with Crippen LogP contribution >= 0.6 is 0 Å². The van der Waals surface area contributed by atoms with Crippen molar-refractivity contribution < 1.29 is 12.8 Å². The fourth-order valence-electron chi connectivity index (χ4n) is 4.46. The van der Waals surface area contributed by atoms with Crippen LogP contribution < -0.4 is 0 Å². The van der Waals surface area contributed by atoms with Crippen LogP contribution in [-0.4, -0.2) is 36.6 Å². The second kappa shape index (κ2) is 6.50. The lowest BCUT2D eigenvalue weighted by atomic mass is 9.95. The maximum atomic E-state index is 13.5. The van der Waals surface area contributed by atoms with E-state index in [4.69, 9.17) is 0 Å². The third-order valence-electron chi connectivity index (χ3n) is 5.75. The van der Waals surface area contributed by atoms with Gasteiger partial charge in [-0.3, -0.25) is 9.88 Å². The molecule has 0 N–H and O–H groups in total. The van der Waals surface area contributed by atoms with Gasteiger partial charge in [-0.05, 0) is 52.6 Å². The molecule has 0 amide bonds. The lowest BCUT2D eigenvalue weighted by Crippen LogP contribution is -2.25. The Morgan fingerprint density at radius 3 is 2.71 bits per heavy atom. The fourth-order valence-corrected chi connectivity index (χ4v) is 6.66. The molecule has 1 fully saturated rings. The van der Waals surface area contributed by atoms with E-state index < -0.39 is 15.1 Å². The zero-order valence-electron chi connectivity index (χ0n) is 15.1. The predicted molar refractivity (Wildman–Crippen MR) is 105 cm³/mol. The third-order valence-corrected chi connectivity index (χ3v) is 8.01. The van der Waals surface area contributed by atoms with E-state index in [-0.39, 0.29) is 11.7 Å². The molecule has 2 atom stereocenters. The maximum absolute atomic E-state index is 13.5. The van der Waals surface area contributed by atoms with Crippen LogP contribution in [0.5, 0.6) is 0 Å². The van der Waals surface area contributed by atoms with E-state index in [2.05, 4.69) is 9.88 Å². The van der Waals surface area contributed by atoms with E-state index >= 15 is 0 Å². The summed E-state index contributed by atoms with van der Waals surface area (Å²) in [7, 11) is -3.35. The summed E-state index contributed by atoms with van der Waals surface area (Å²) in [6.45, 7) is 1.68. The Balaban J connectivity index is 1.47. The van der Waals surface area contributed by atoms with Crippen LogP contribution in [-0.2, 0) is 16.4 Å². The van der Waals surface area contributed by atoms with Crippen molar-refractivity contribution in [3.05, 3.63) is 83.9 Å². The first kappa shape index (κ1) is 17.5. The molecule has 2 aromatic carbocycles. The minimum absolute atomic E-state index is 0.0508. The van der Waals surface area contributed by atoms with Gasteiger partial charge in [-0.2, -0.15) is 0 Å². The number of halogens is 1. The van der Waals surface area contributed by atoms with Crippen molar-refractivity contribution in [2.24, 2.45) is 0 Å². The molecule has 2 aliphatic heterocycles. The Bertz CT molecular complexity index is 1150. The molecule has 4 nitrogen and oxygen atoms in total. The summed E-state index contributed by atoms with van der Waals surface area (Å²) in [6.07, 6.45) is 3.51. The Morgan fingerprint density at radius 2 is 1.93 bits per heavy atom. The van der Waals surface area contributed by atoms with E-state index in [9.17, 15) is 12.8 Å². The van der Waals surface area contributed by atoms with Crippen LogP contribution in [0.3, 0.4) is 0 Å². The first-order valence-electron chi connectivity index (χ1n) is 9.27. The molecule has 0 aliphatic carbocycles. The molecule has 142 valence electrons. The molecular weight excluding hydrogens is 375 g/mol. The first-order chi connectivity index (χ1) is 13.5. The van der Waals surface area contributed by atoms with Crippen molar-refractivity contribution in [3.8, 4) is 11.1 Å². The molecule has 3 heterocycles. The summed E-state index contributed by atoms with van der Waals surface area (Å²) in [4.78, 5) is 6.73. The summed E-state index contributed by atoms with van der Waals surface area (Å²) in [5, 5.41) is -0.430. The van der Waals surface area contributed by atoms with E-state index in [1.165, 1.54) is 12.1 Å². The Kier molecular flexibility index (Phi) is 4.07. The lowest BCUT2D eigenvalue weighted by Gasteiger charge is -2.17. The van der Waals surface area contributed by atoms with Gasteiger partial charge in [0.1, 0.15) is 5.82 Å². The molecule has 0 spiro atoms. The number of benzene rings is 2. The van der Waals surface area contributed by atoms with Gasteiger partial charge in [0, 0.05) is 37.9 Å². The number of hydrogen-bond donors (Lipinski definition) is 0. The highest BCUT2D eigenvalue weighted by molar-refractivity contribution is 7.92. The van der Waals surface area contributed by atoms with Gasteiger partial charge in [-0.25, -0.2) is 12.8 Å². The second-order valence-electron chi connectivity index (χ2n) is 7.51. The normalized spacial score (nSPS) is 22.8. The molecule has 2 aliphatic rings. The van der Waals surface area contributed by atoms with Gasteiger partial charge in [0.2, 0.25) is 0 Å². The zero-order chi connectivity index (χ0) is 19.3. The van der Waals surface area contributed by atoms with E-state index in [1.54, 1.807) is 24.5 Å². The number of rotatable bonds is 3. The van der Waals surface area contributed by atoms with Crippen molar-refractivity contribution >= 4 is 9.84 Å². The van der Waals surface area contributed by atoms with Gasteiger partial charge in [-0.15, -0.1) is 0 Å². The number of fused-ring (bicyclic) bond motifs is 3. The fraction of sp³-hybridized carbons (Fsp3) is 0.227. The maximum Gasteiger partial charge on any atom is 0.183 e. The van der Waals surface area contributed by atoms with Crippen LogP contribution in [0, 0.1) is 5.82 Å². The van der Waals surface area contributed by atoms with Crippen molar-refractivity contribution in [2.75, 3.05) is 13.1 Å². The molecule has 6 heteroatoms. The second-order valence-corrected chi connectivity index (χ2v) is 9.64. The molecule has 5 rings (SSSR count). The van der Waals surface area contributed by atoms with E-state index in [0.717, 1.165) is 22.3 Å². The van der Waals surface area contributed by atoms with Gasteiger partial charge >= 0.3 is 0 Å². The standard InChI is InChI=1S/C22H19FN2O2S/c23-18-5-1-3-15(9-18)12-25-13-20-19-10-16(17-4-2-8-24-11-17)6-7-21(19)28(26,27)22(20)14-25/h1-11,20,22H,12-14H2. The molecule has 0 radical (unpaired) electrons. The highest BCUT2D eigenvalue weighted by Gasteiger charge is 2.50. The monoisotopic (exact) mass is 394 g/mol. The van der Waals surface area contributed by atoms with Crippen molar-refractivity contribution in [3.63, 3.8) is 0 Å². The smallest absolute Gasteiger partial charge is 0.183 e. The van der Waals surface area contributed by atoms with Crippen LogP contribution in [0.2, 0.25) is 0 Å². The van der Waals surface area contributed by atoms with Crippen molar-refractivity contribution in [1.29, 1.82) is 0 Å². The summed E-state index contributed by atoms with van der Waals surface area (Å²) in [5.41, 5.74) is 3.71. The Labute approximate surface area is 163 Å². The van der Waals surface area contributed by atoms with E-state index in [1.807, 2.05) is 30.3 Å². The van der Waals surface area contributed by atoms with Crippen LogP contribution in [0.1, 0.15) is 17.0 Å². The summed E-state index contributed by atoms with van der Waals surface area (Å²) in [6, 6.07) is 15.9. The number of likely N-dealkylation sites (tertiary alicyclic amines) is 1. The topological polar surface area (TPSA) is 50.3 Å². The number of aromatic nitrogens is 1. The number of nitrogens with zero attached hydrogens (tertiary/aromatic N) is 2. The third kappa shape index (κ3) is 2.84. The lowest BCUT2D eigenvalue weighted by molar-refractivity contribution is 0.325. The van der Waals surface area contributed by atoms with Crippen LogP contribution in [0.4, 0.5) is 4.39 Å². The minimum Gasteiger partial charge on any atom is -0.297 e. The molecule has 0 bridgehead atoms. The zero-order valence-corrected chi connectivity index (χ0v) is 15.9. The molecule has 0 saturated carbocycles. The highest BCUT2D eigenvalue weighted by Crippen LogP contribution is 2.46. The number of hydrogen-bond acceptors (Lipinski definition) is 4. The van der Waals surface area contributed by atoms with Crippen molar-refractivity contribution in [1.82, 2.24) is 9.88 Å². The highest BCUT2D eigenvalue weighted by atomic mass is 32.2. The molecule has 2 unspecified atom stereocenters. The van der Waals surface area contributed by atoms with Gasteiger partial charge in [-0.1, -0.05) is 24.3 Å².